The fourth-order valence-electron chi connectivity index (χ4n) is 1.04. The van der Waals surface area contributed by atoms with Crippen LogP contribution in [0.25, 0.3) is 0 Å². The number of nitrogens with two attached hydrogens (primary N) is 1. The van der Waals surface area contributed by atoms with E-state index in [9.17, 15) is 0 Å². The minimum absolute atomic E-state index is 0.306. The van der Waals surface area contributed by atoms with Crippen molar-refractivity contribution in [1.82, 2.24) is 9.97 Å². The molecule has 5 nitrogen and oxygen atoms in total. The molecule has 1 aliphatic heterocycles. The summed E-state index contributed by atoms with van der Waals surface area (Å²) in [6.07, 6.45) is 1.68. The van der Waals surface area contributed by atoms with Crippen LogP contribution < -0.4 is 16.4 Å². The van der Waals surface area contributed by atoms with Crippen LogP contribution in [0.5, 0.6) is 0 Å². The van der Waals surface area contributed by atoms with Gasteiger partial charge in [-0.15, -0.1) is 0 Å². The summed E-state index contributed by atoms with van der Waals surface area (Å²) in [5.41, 5.74) is 6.31. The minimum Gasteiger partial charge on any atom is -0.379 e. The summed E-state index contributed by atoms with van der Waals surface area (Å²) in [6, 6.07) is 0. The SMILES string of the molecule is Nc1ncc2c(n1)NCCN2. The van der Waals surface area contributed by atoms with Crippen molar-refractivity contribution in [2.45, 2.75) is 0 Å². The van der Waals surface area contributed by atoms with Gasteiger partial charge in [-0.1, -0.05) is 0 Å². The Labute approximate surface area is 64.0 Å². The van der Waals surface area contributed by atoms with Gasteiger partial charge < -0.3 is 16.4 Å². The van der Waals surface area contributed by atoms with Crippen LogP contribution in [0.4, 0.5) is 17.5 Å². The molecule has 1 aromatic rings. The topological polar surface area (TPSA) is 75.9 Å². The Morgan fingerprint density at radius 3 is 3.09 bits per heavy atom. The molecule has 0 spiro atoms. The van der Waals surface area contributed by atoms with Crippen LogP contribution in [0.3, 0.4) is 0 Å². The number of nitrogen functional groups attached to an aromatic ring is 1. The number of hydrogen-bond donors (Lipinski definition) is 3. The van der Waals surface area contributed by atoms with Gasteiger partial charge in [0.25, 0.3) is 0 Å². The van der Waals surface area contributed by atoms with Gasteiger partial charge in [-0.2, -0.15) is 4.98 Å². The third kappa shape index (κ3) is 1.04. The zero-order valence-electron chi connectivity index (χ0n) is 5.96. The molecule has 2 rings (SSSR count). The molecular weight excluding hydrogens is 142 g/mol. The average Bonchev–Trinajstić information content (AvgIpc) is 2.04. The van der Waals surface area contributed by atoms with Crippen molar-refractivity contribution >= 4 is 17.5 Å². The third-order valence-electron chi connectivity index (χ3n) is 1.54. The second-order valence-electron chi connectivity index (χ2n) is 2.34. The average molecular weight is 151 g/mol. The molecule has 1 aliphatic rings. The predicted octanol–water partition coefficient (Wildman–Crippen LogP) is -0.104. The Hall–Kier alpha value is -1.52. The largest absolute Gasteiger partial charge is 0.379 e. The normalized spacial score (nSPS) is 14.5. The Balaban J connectivity index is 2.43. The maximum atomic E-state index is 5.39. The third-order valence-corrected chi connectivity index (χ3v) is 1.54. The lowest BCUT2D eigenvalue weighted by atomic mass is 10.4. The number of hydrogen-bond acceptors (Lipinski definition) is 5. The van der Waals surface area contributed by atoms with Crippen LogP contribution in [0, 0.1) is 0 Å². The Morgan fingerprint density at radius 1 is 1.36 bits per heavy atom. The molecule has 0 atom stereocenters. The maximum absolute atomic E-state index is 5.39. The van der Waals surface area contributed by atoms with E-state index >= 15 is 0 Å². The van der Waals surface area contributed by atoms with Gasteiger partial charge in [0.15, 0.2) is 5.82 Å². The first-order chi connectivity index (χ1) is 5.36. The summed E-state index contributed by atoms with van der Waals surface area (Å²) < 4.78 is 0. The standard InChI is InChI=1S/C6H9N5/c7-6-10-3-4-5(11-6)9-2-1-8-4/h3,8H,1-2H2,(H3,7,9,10,11). The number of fused-ring (bicyclic) bond motifs is 1. The number of anilines is 3. The highest BCUT2D eigenvalue weighted by Gasteiger charge is 2.08. The minimum atomic E-state index is 0.306. The van der Waals surface area contributed by atoms with Crippen molar-refractivity contribution in [2.75, 3.05) is 29.5 Å². The molecule has 0 amide bonds. The van der Waals surface area contributed by atoms with Crippen LogP contribution in [0.15, 0.2) is 6.20 Å². The highest BCUT2D eigenvalue weighted by Crippen LogP contribution is 2.20. The summed E-state index contributed by atoms with van der Waals surface area (Å²) in [4.78, 5) is 7.86. The Kier molecular flexibility index (Phi) is 1.28. The smallest absolute Gasteiger partial charge is 0.222 e. The van der Waals surface area contributed by atoms with Crippen molar-refractivity contribution in [1.29, 1.82) is 0 Å². The highest BCUT2D eigenvalue weighted by molar-refractivity contribution is 5.66. The molecule has 1 aromatic heterocycles. The molecule has 11 heavy (non-hydrogen) atoms. The van der Waals surface area contributed by atoms with E-state index < -0.39 is 0 Å². The molecule has 0 unspecified atom stereocenters. The van der Waals surface area contributed by atoms with Crippen LogP contribution in [0.1, 0.15) is 0 Å². The first-order valence-electron chi connectivity index (χ1n) is 3.46. The molecule has 0 fully saturated rings. The van der Waals surface area contributed by atoms with Crippen molar-refractivity contribution in [2.24, 2.45) is 0 Å². The van der Waals surface area contributed by atoms with E-state index in [-0.39, 0.29) is 0 Å². The van der Waals surface area contributed by atoms with Crippen molar-refractivity contribution in [3.8, 4) is 0 Å². The number of nitrogens with zero attached hydrogens (tertiary/aromatic N) is 2. The van der Waals surface area contributed by atoms with Crippen molar-refractivity contribution in [3.63, 3.8) is 0 Å². The first kappa shape index (κ1) is 6.21. The van der Waals surface area contributed by atoms with Gasteiger partial charge in [0, 0.05) is 13.1 Å². The van der Waals surface area contributed by atoms with Crippen LogP contribution in [0.2, 0.25) is 0 Å². The molecular formula is C6H9N5. The molecule has 0 saturated carbocycles. The summed E-state index contributed by atoms with van der Waals surface area (Å²) >= 11 is 0. The molecule has 2 heterocycles. The lowest BCUT2D eigenvalue weighted by Crippen LogP contribution is -2.22. The van der Waals surface area contributed by atoms with E-state index in [0.29, 0.717) is 5.95 Å². The van der Waals surface area contributed by atoms with Crippen molar-refractivity contribution < 1.29 is 0 Å². The van der Waals surface area contributed by atoms with Gasteiger partial charge in [0.1, 0.15) is 0 Å². The number of rotatable bonds is 0. The fraction of sp³-hybridized carbons (Fsp3) is 0.333. The zero-order chi connectivity index (χ0) is 7.68. The predicted molar refractivity (Wildman–Crippen MR) is 43.4 cm³/mol. The highest BCUT2D eigenvalue weighted by atomic mass is 15.1. The second kappa shape index (κ2) is 2.26. The van der Waals surface area contributed by atoms with Gasteiger partial charge in [-0.05, 0) is 0 Å². The zero-order valence-corrected chi connectivity index (χ0v) is 5.96. The van der Waals surface area contributed by atoms with Gasteiger partial charge in [0.2, 0.25) is 5.95 Å². The lowest BCUT2D eigenvalue weighted by molar-refractivity contribution is 1.00. The summed E-state index contributed by atoms with van der Waals surface area (Å²) in [7, 11) is 0. The first-order valence-corrected chi connectivity index (χ1v) is 3.46. The van der Waals surface area contributed by atoms with E-state index in [1.807, 2.05) is 0 Å². The molecule has 5 heteroatoms. The molecule has 0 radical (unpaired) electrons. The summed E-state index contributed by atoms with van der Waals surface area (Å²) in [5, 5.41) is 6.26. The van der Waals surface area contributed by atoms with Gasteiger partial charge in [-0.25, -0.2) is 4.98 Å². The van der Waals surface area contributed by atoms with E-state index in [4.69, 9.17) is 5.73 Å². The molecule has 4 N–H and O–H groups in total. The molecule has 0 aromatic carbocycles. The summed E-state index contributed by atoms with van der Waals surface area (Å²) in [6.45, 7) is 1.78. The number of aromatic nitrogens is 2. The lowest BCUT2D eigenvalue weighted by Gasteiger charge is -2.17. The van der Waals surface area contributed by atoms with E-state index in [0.717, 1.165) is 24.6 Å². The van der Waals surface area contributed by atoms with Gasteiger partial charge in [-0.3, -0.25) is 0 Å². The van der Waals surface area contributed by atoms with Crippen LogP contribution >= 0.6 is 0 Å². The quantitative estimate of drug-likeness (QED) is 0.482. The molecule has 0 aliphatic carbocycles. The maximum Gasteiger partial charge on any atom is 0.222 e. The molecule has 58 valence electrons. The van der Waals surface area contributed by atoms with Crippen LogP contribution in [-0.2, 0) is 0 Å². The molecule has 0 bridgehead atoms. The van der Waals surface area contributed by atoms with E-state index in [2.05, 4.69) is 20.6 Å². The number of nitrogens with one attached hydrogen (secondary N) is 2. The van der Waals surface area contributed by atoms with Gasteiger partial charge >= 0.3 is 0 Å². The summed E-state index contributed by atoms with van der Waals surface area (Å²) in [5.74, 6) is 1.10. The Bertz CT molecular complexity index is 272. The fourth-order valence-corrected chi connectivity index (χ4v) is 1.04. The van der Waals surface area contributed by atoms with Gasteiger partial charge in [0.05, 0.1) is 11.9 Å². The molecule has 0 saturated heterocycles. The van der Waals surface area contributed by atoms with Crippen LogP contribution in [-0.4, -0.2) is 23.1 Å². The van der Waals surface area contributed by atoms with E-state index in [1.54, 1.807) is 6.20 Å². The Morgan fingerprint density at radius 2 is 2.18 bits per heavy atom. The van der Waals surface area contributed by atoms with E-state index in [1.165, 1.54) is 0 Å². The second-order valence-corrected chi connectivity index (χ2v) is 2.34. The van der Waals surface area contributed by atoms with Crippen molar-refractivity contribution in [3.05, 3.63) is 6.20 Å². The monoisotopic (exact) mass is 151 g/mol.